The maximum atomic E-state index is 5.70. The van der Waals surface area contributed by atoms with E-state index in [0.717, 1.165) is 19.6 Å². The van der Waals surface area contributed by atoms with E-state index in [9.17, 15) is 0 Å². The van der Waals surface area contributed by atoms with Gasteiger partial charge in [0.25, 0.3) is 0 Å². The Kier molecular flexibility index (Phi) is 7.70. The second-order valence-corrected chi connectivity index (χ2v) is 5.01. The van der Waals surface area contributed by atoms with E-state index in [-0.39, 0.29) is 0 Å². The van der Waals surface area contributed by atoms with Gasteiger partial charge in [-0.25, -0.2) is 0 Å². The molecule has 1 N–H and O–H groups in total. The summed E-state index contributed by atoms with van der Waals surface area (Å²) in [6, 6.07) is 11.2. The summed E-state index contributed by atoms with van der Waals surface area (Å²) >= 11 is 0. The lowest BCUT2D eigenvalue weighted by atomic mass is 10.1. The Bertz CT molecular complexity index is 297. The highest BCUT2D eigenvalue weighted by Gasteiger charge is 2.08. The van der Waals surface area contributed by atoms with Crippen LogP contribution in [0, 0.1) is 0 Å². The van der Waals surface area contributed by atoms with Crippen LogP contribution in [0.4, 0.5) is 0 Å². The molecule has 2 heteroatoms. The number of benzene rings is 1. The zero-order valence-corrected chi connectivity index (χ0v) is 12.0. The molecule has 1 rings (SSSR count). The molecule has 0 aliphatic heterocycles. The van der Waals surface area contributed by atoms with Gasteiger partial charge in [0.2, 0.25) is 0 Å². The maximum Gasteiger partial charge on any atom is 0.0623 e. The lowest BCUT2D eigenvalue weighted by Crippen LogP contribution is -2.34. The zero-order valence-electron chi connectivity index (χ0n) is 12.0. The molecule has 102 valence electrons. The molecule has 0 spiro atoms. The molecular formula is C16H27NO. The fraction of sp³-hybridized carbons (Fsp3) is 0.625. The van der Waals surface area contributed by atoms with Gasteiger partial charge in [0.1, 0.15) is 0 Å². The average Bonchev–Trinajstić information content (AvgIpc) is 2.37. The van der Waals surface area contributed by atoms with Crippen LogP contribution in [0.25, 0.3) is 0 Å². The summed E-state index contributed by atoms with van der Waals surface area (Å²) in [5.74, 6) is 0. The van der Waals surface area contributed by atoms with Gasteiger partial charge in [-0.1, -0.05) is 37.3 Å². The summed E-state index contributed by atoms with van der Waals surface area (Å²) in [4.78, 5) is 0. The molecule has 0 aliphatic carbocycles. The molecule has 0 fully saturated rings. The molecule has 0 radical (unpaired) electrons. The highest BCUT2D eigenvalue weighted by Crippen LogP contribution is 2.07. The third kappa shape index (κ3) is 6.77. The van der Waals surface area contributed by atoms with Crippen molar-refractivity contribution in [3.8, 4) is 0 Å². The third-order valence-electron chi connectivity index (χ3n) is 2.98. The molecule has 1 atom stereocenters. The highest BCUT2D eigenvalue weighted by atomic mass is 16.5. The van der Waals surface area contributed by atoms with Crippen molar-refractivity contribution in [2.75, 3.05) is 13.2 Å². The predicted molar refractivity (Wildman–Crippen MR) is 77.9 cm³/mol. The predicted octanol–water partition coefficient (Wildman–Crippen LogP) is 3.41. The number of hydrogen-bond acceptors (Lipinski definition) is 2. The minimum absolute atomic E-state index is 0.320. The summed E-state index contributed by atoms with van der Waals surface area (Å²) in [5.41, 5.74) is 1.43. The molecule has 0 amide bonds. The number of ether oxygens (including phenoxy) is 1. The smallest absolute Gasteiger partial charge is 0.0623 e. The molecule has 18 heavy (non-hydrogen) atoms. The number of rotatable bonds is 9. The van der Waals surface area contributed by atoms with Crippen molar-refractivity contribution in [1.82, 2.24) is 5.32 Å². The summed E-state index contributed by atoms with van der Waals surface area (Å²) < 4.78 is 5.70. The number of hydrogen-bond donors (Lipinski definition) is 1. The fourth-order valence-corrected chi connectivity index (χ4v) is 2.04. The van der Waals surface area contributed by atoms with E-state index in [2.05, 4.69) is 56.4 Å². The lowest BCUT2D eigenvalue weighted by molar-refractivity contribution is 0.0595. The van der Waals surface area contributed by atoms with Crippen LogP contribution in [0.1, 0.15) is 39.2 Å². The van der Waals surface area contributed by atoms with Gasteiger partial charge in [0.15, 0.2) is 0 Å². The number of aryl methyl sites for hydroxylation is 1. The quantitative estimate of drug-likeness (QED) is 0.724. The molecule has 0 heterocycles. The molecule has 1 aromatic rings. The fourth-order valence-electron chi connectivity index (χ4n) is 2.04. The van der Waals surface area contributed by atoms with Crippen molar-refractivity contribution >= 4 is 0 Å². The first-order valence-corrected chi connectivity index (χ1v) is 7.11. The van der Waals surface area contributed by atoms with Gasteiger partial charge in [0.05, 0.1) is 12.7 Å². The van der Waals surface area contributed by atoms with E-state index >= 15 is 0 Å². The Morgan fingerprint density at radius 1 is 1.17 bits per heavy atom. The van der Waals surface area contributed by atoms with Gasteiger partial charge < -0.3 is 10.1 Å². The Balaban J connectivity index is 2.24. The van der Waals surface area contributed by atoms with Gasteiger partial charge in [-0.15, -0.1) is 0 Å². The Labute approximate surface area is 112 Å². The van der Waals surface area contributed by atoms with Gasteiger partial charge >= 0.3 is 0 Å². The molecule has 0 aliphatic rings. The minimum atomic E-state index is 0.320. The molecule has 0 bridgehead atoms. The van der Waals surface area contributed by atoms with E-state index in [0.29, 0.717) is 12.1 Å². The zero-order chi connectivity index (χ0) is 13.2. The van der Waals surface area contributed by atoms with Crippen molar-refractivity contribution in [3.63, 3.8) is 0 Å². The molecular weight excluding hydrogens is 222 g/mol. The van der Waals surface area contributed by atoms with Crippen molar-refractivity contribution in [2.24, 2.45) is 0 Å². The summed E-state index contributed by atoms with van der Waals surface area (Å²) in [7, 11) is 0. The van der Waals surface area contributed by atoms with E-state index in [4.69, 9.17) is 4.74 Å². The van der Waals surface area contributed by atoms with Gasteiger partial charge in [-0.05, 0) is 45.2 Å². The number of likely N-dealkylation sites (N-methyl/N-ethyl adjacent to an activating group) is 1. The van der Waals surface area contributed by atoms with Crippen LogP contribution < -0.4 is 5.32 Å². The first-order valence-electron chi connectivity index (χ1n) is 7.11. The lowest BCUT2D eigenvalue weighted by Gasteiger charge is -2.19. The van der Waals surface area contributed by atoms with Crippen LogP contribution >= 0.6 is 0 Å². The SMILES string of the molecule is CCNC(CCCc1ccccc1)COC(C)C. The second-order valence-electron chi connectivity index (χ2n) is 5.01. The minimum Gasteiger partial charge on any atom is -0.377 e. The molecule has 2 nitrogen and oxygen atoms in total. The van der Waals surface area contributed by atoms with Gasteiger partial charge in [-0.3, -0.25) is 0 Å². The maximum absolute atomic E-state index is 5.70. The van der Waals surface area contributed by atoms with E-state index < -0.39 is 0 Å². The first kappa shape index (κ1) is 15.2. The summed E-state index contributed by atoms with van der Waals surface area (Å²) in [5, 5.41) is 3.50. The Morgan fingerprint density at radius 2 is 1.89 bits per heavy atom. The summed E-state index contributed by atoms with van der Waals surface area (Å²) in [6.45, 7) is 8.16. The molecule has 0 saturated heterocycles. The van der Waals surface area contributed by atoms with E-state index in [1.807, 2.05) is 0 Å². The molecule has 0 aromatic heterocycles. The molecule has 0 saturated carbocycles. The topological polar surface area (TPSA) is 21.3 Å². The Morgan fingerprint density at radius 3 is 2.50 bits per heavy atom. The molecule has 1 unspecified atom stereocenters. The Hall–Kier alpha value is -0.860. The van der Waals surface area contributed by atoms with Crippen LogP contribution in [-0.4, -0.2) is 25.3 Å². The van der Waals surface area contributed by atoms with Crippen LogP contribution in [-0.2, 0) is 11.2 Å². The van der Waals surface area contributed by atoms with Gasteiger partial charge in [0, 0.05) is 6.04 Å². The van der Waals surface area contributed by atoms with Crippen LogP contribution in [0.5, 0.6) is 0 Å². The summed E-state index contributed by atoms with van der Waals surface area (Å²) in [6.07, 6.45) is 3.86. The van der Waals surface area contributed by atoms with E-state index in [1.165, 1.54) is 18.4 Å². The van der Waals surface area contributed by atoms with E-state index in [1.54, 1.807) is 0 Å². The van der Waals surface area contributed by atoms with Crippen LogP contribution in [0.15, 0.2) is 30.3 Å². The number of nitrogens with one attached hydrogen (secondary N) is 1. The van der Waals surface area contributed by atoms with Crippen molar-refractivity contribution in [3.05, 3.63) is 35.9 Å². The van der Waals surface area contributed by atoms with Crippen LogP contribution in [0.2, 0.25) is 0 Å². The van der Waals surface area contributed by atoms with Crippen LogP contribution in [0.3, 0.4) is 0 Å². The first-order chi connectivity index (χ1) is 8.72. The third-order valence-corrected chi connectivity index (χ3v) is 2.98. The largest absolute Gasteiger partial charge is 0.377 e. The standard InChI is InChI=1S/C16H27NO/c1-4-17-16(13-18-14(2)3)12-8-11-15-9-6-5-7-10-15/h5-7,9-10,14,16-17H,4,8,11-13H2,1-3H3. The second kappa shape index (κ2) is 9.12. The normalized spacial score (nSPS) is 12.9. The van der Waals surface area contributed by atoms with Gasteiger partial charge in [-0.2, -0.15) is 0 Å². The van der Waals surface area contributed by atoms with Crippen molar-refractivity contribution < 1.29 is 4.74 Å². The monoisotopic (exact) mass is 249 g/mol. The average molecular weight is 249 g/mol. The molecule has 1 aromatic carbocycles. The van der Waals surface area contributed by atoms with Crippen molar-refractivity contribution in [1.29, 1.82) is 0 Å². The highest BCUT2D eigenvalue weighted by molar-refractivity contribution is 5.14. The van der Waals surface area contributed by atoms with Crippen molar-refractivity contribution in [2.45, 2.75) is 52.2 Å².